The average Bonchev–Trinajstić information content (AvgIpc) is 3.21. The fraction of sp³-hybridized carbons (Fsp3) is 0.625. The molecule has 0 radical (unpaired) electrons. The van der Waals surface area contributed by atoms with Gasteiger partial charge in [-0.25, -0.2) is 0 Å². The molecule has 0 bridgehead atoms. The normalized spacial score (nSPS) is 19.0. The van der Waals surface area contributed by atoms with Gasteiger partial charge >= 0.3 is 6.18 Å². The largest absolute Gasteiger partial charge is 0.401 e. The lowest BCUT2D eigenvalue weighted by Gasteiger charge is -2.38. The van der Waals surface area contributed by atoms with Crippen molar-refractivity contribution in [2.24, 2.45) is 5.92 Å². The molecule has 2 unspecified atom stereocenters. The van der Waals surface area contributed by atoms with Gasteiger partial charge in [0.05, 0.1) is 12.6 Å². The van der Waals surface area contributed by atoms with Gasteiger partial charge in [-0.1, -0.05) is 44.2 Å². The minimum atomic E-state index is -4.24. The molecule has 0 aliphatic heterocycles. The molecule has 2 rings (SSSR count). The summed E-state index contributed by atoms with van der Waals surface area (Å²) in [4.78, 5) is 1.45. The van der Waals surface area contributed by atoms with Gasteiger partial charge in [-0.05, 0) is 24.3 Å². The molecule has 1 aliphatic rings. The number of alkyl halides is 3. The van der Waals surface area contributed by atoms with Crippen molar-refractivity contribution in [3.63, 3.8) is 0 Å². The summed E-state index contributed by atoms with van der Waals surface area (Å²) in [6, 6.07) is 8.35. The summed E-state index contributed by atoms with van der Waals surface area (Å²) < 4.78 is 38.6. The highest BCUT2D eigenvalue weighted by Gasteiger charge is 2.44. The van der Waals surface area contributed by atoms with E-state index in [4.69, 9.17) is 0 Å². The minimum absolute atomic E-state index is 0.0580. The second-order valence-corrected chi connectivity index (χ2v) is 6.11. The molecule has 1 fully saturated rings. The van der Waals surface area contributed by atoms with E-state index in [9.17, 15) is 18.3 Å². The summed E-state index contributed by atoms with van der Waals surface area (Å²) >= 11 is 0. The topological polar surface area (TPSA) is 23.5 Å². The molecule has 0 amide bonds. The Kier molecular flexibility index (Phi) is 4.94. The van der Waals surface area contributed by atoms with Crippen LogP contribution in [-0.2, 0) is 0 Å². The van der Waals surface area contributed by atoms with Crippen molar-refractivity contribution >= 4 is 0 Å². The van der Waals surface area contributed by atoms with Crippen LogP contribution in [0.4, 0.5) is 13.2 Å². The third-order valence-corrected chi connectivity index (χ3v) is 3.91. The van der Waals surface area contributed by atoms with Crippen LogP contribution < -0.4 is 0 Å². The van der Waals surface area contributed by atoms with Crippen molar-refractivity contribution in [2.75, 3.05) is 6.54 Å². The number of aliphatic hydroxyl groups excluding tert-OH is 1. The monoisotopic (exact) mass is 301 g/mol. The molecule has 2 nitrogen and oxygen atoms in total. The predicted molar refractivity (Wildman–Crippen MR) is 75.8 cm³/mol. The van der Waals surface area contributed by atoms with Crippen LogP contribution in [0.3, 0.4) is 0 Å². The quantitative estimate of drug-likeness (QED) is 0.864. The van der Waals surface area contributed by atoms with Crippen LogP contribution in [0.25, 0.3) is 0 Å². The Morgan fingerprint density at radius 3 is 2.19 bits per heavy atom. The zero-order valence-electron chi connectivity index (χ0n) is 12.3. The molecule has 2 atom stereocenters. The van der Waals surface area contributed by atoms with Crippen molar-refractivity contribution in [3.8, 4) is 0 Å². The van der Waals surface area contributed by atoms with Crippen LogP contribution in [0.15, 0.2) is 30.3 Å². The summed E-state index contributed by atoms with van der Waals surface area (Å²) in [7, 11) is 0. The first kappa shape index (κ1) is 16.3. The first-order valence-electron chi connectivity index (χ1n) is 7.35. The van der Waals surface area contributed by atoms with Gasteiger partial charge in [0, 0.05) is 12.1 Å². The van der Waals surface area contributed by atoms with Gasteiger partial charge in [0.1, 0.15) is 0 Å². The summed E-state index contributed by atoms with van der Waals surface area (Å²) in [6.45, 7) is 2.77. The van der Waals surface area contributed by atoms with Crippen LogP contribution in [0.5, 0.6) is 0 Å². The summed E-state index contributed by atoms with van der Waals surface area (Å²) in [5, 5.41) is 10.6. The molecule has 21 heavy (non-hydrogen) atoms. The number of hydrogen-bond acceptors (Lipinski definition) is 2. The van der Waals surface area contributed by atoms with Gasteiger partial charge in [0.15, 0.2) is 0 Å². The molecule has 5 heteroatoms. The van der Waals surface area contributed by atoms with Crippen molar-refractivity contribution in [1.29, 1.82) is 0 Å². The van der Waals surface area contributed by atoms with Gasteiger partial charge in [-0.2, -0.15) is 13.2 Å². The van der Waals surface area contributed by atoms with Gasteiger partial charge in [0.25, 0.3) is 0 Å². The number of aliphatic hydroxyl groups is 1. The van der Waals surface area contributed by atoms with Crippen LogP contribution in [0, 0.1) is 5.92 Å². The van der Waals surface area contributed by atoms with E-state index in [1.165, 1.54) is 4.90 Å². The number of halogens is 3. The molecule has 1 N–H and O–H groups in total. The van der Waals surface area contributed by atoms with E-state index in [0.717, 1.165) is 12.8 Å². The number of nitrogens with zero attached hydrogens (tertiary/aromatic N) is 1. The van der Waals surface area contributed by atoms with E-state index < -0.39 is 24.9 Å². The standard InChI is InChI=1S/C16H22F3NO/c1-11(2)14(15(21)12-6-4-3-5-7-12)20(13-8-9-13)10-16(17,18)19/h3-7,11,13-15,21H,8-10H2,1-2H3. The Bertz CT molecular complexity index is 443. The van der Waals surface area contributed by atoms with Crippen molar-refractivity contribution in [3.05, 3.63) is 35.9 Å². The van der Waals surface area contributed by atoms with Crippen molar-refractivity contribution in [1.82, 2.24) is 4.90 Å². The second-order valence-electron chi connectivity index (χ2n) is 6.11. The van der Waals surface area contributed by atoms with Gasteiger partial charge in [-0.3, -0.25) is 4.90 Å². The van der Waals surface area contributed by atoms with E-state index in [1.54, 1.807) is 24.3 Å². The van der Waals surface area contributed by atoms with E-state index in [2.05, 4.69) is 0 Å². The molecule has 1 aliphatic carbocycles. The zero-order chi connectivity index (χ0) is 15.6. The SMILES string of the molecule is CC(C)C(C(O)c1ccccc1)N(CC(F)(F)F)C1CC1. The Morgan fingerprint density at radius 1 is 1.19 bits per heavy atom. The Balaban J connectivity index is 2.23. The van der Waals surface area contributed by atoms with Gasteiger partial charge in [-0.15, -0.1) is 0 Å². The van der Waals surface area contributed by atoms with Crippen LogP contribution in [-0.4, -0.2) is 34.8 Å². The Hall–Kier alpha value is -1.07. The maximum atomic E-state index is 12.9. The van der Waals surface area contributed by atoms with E-state index >= 15 is 0 Å². The van der Waals surface area contributed by atoms with Gasteiger partial charge in [0.2, 0.25) is 0 Å². The van der Waals surface area contributed by atoms with E-state index in [-0.39, 0.29) is 12.0 Å². The third kappa shape index (κ3) is 4.45. The molecule has 0 aromatic heterocycles. The lowest BCUT2D eigenvalue weighted by Crippen LogP contribution is -2.48. The van der Waals surface area contributed by atoms with Crippen LogP contribution in [0.2, 0.25) is 0 Å². The molecule has 1 aromatic rings. The molecule has 0 heterocycles. The maximum Gasteiger partial charge on any atom is 0.401 e. The molecular formula is C16H22F3NO. The van der Waals surface area contributed by atoms with Crippen molar-refractivity contribution in [2.45, 2.75) is 51.1 Å². The van der Waals surface area contributed by atoms with Gasteiger partial charge < -0.3 is 5.11 Å². The first-order valence-corrected chi connectivity index (χ1v) is 7.35. The molecule has 0 spiro atoms. The fourth-order valence-electron chi connectivity index (χ4n) is 2.87. The average molecular weight is 301 g/mol. The number of rotatable bonds is 6. The number of benzene rings is 1. The molecule has 118 valence electrons. The molecule has 1 aromatic carbocycles. The van der Waals surface area contributed by atoms with Crippen molar-refractivity contribution < 1.29 is 18.3 Å². The second kappa shape index (κ2) is 6.36. The highest BCUT2D eigenvalue weighted by molar-refractivity contribution is 5.19. The predicted octanol–water partition coefficient (Wildman–Crippen LogP) is 3.77. The lowest BCUT2D eigenvalue weighted by atomic mass is 9.91. The molecule has 1 saturated carbocycles. The first-order chi connectivity index (χ1) is 9.79. The lowest BCUT2D eigenvalue weighted by molar-refractivity contribution is -0.160. The fourth-order valence-corrected chi connectivity index (χ4v) is 2.87. The summed E-state index contributed by atoms with van der Waals surface area (Å²) in [5.41, 5.74) is 0.670. The summed E-state index contributed by atoms with van der Waals surface area (Å²) in [6.07, 6.45) is -3.59. The minimum Gasteiger partial charge on any atom is -0.387 e. The Morgan fingerprint density at radius 2 is 1.76 bits per heavy atom. The van der Waals surface area contributed by atoms with E-state index in [0.29, 0.717) is 5.56 Å². The molecular weight excluding hydrogens is 279 g/mol. The highest BCUT2D eigenvalue weighted by Crippen LogP contribution is 2.37. The zero-order valence-corrected chi connectivity index (χ0v) is 12.3. The highest BCUT2D eigenvalue weighted by atomic mass is 19.4. The van der Waals surface area contributed by atoms with E-state index in [1.807, 2.05) is 19.9 Å². The molecule has 0 saturated heterocycles. The summed E-state index contributed by atoms with van der Waals surface area (Å²) in [5.74, 6) is -0.0665. The smallest absolute Gasteiger partial charge is 0.387 e. The van der Waals surface area contributed by atoms with Crippen LogP contribution >= 0.6 is 0 Å². The third-order valence-electron chi connectivity index (χ3n) is 3.91. The maximum absolute atomic E-state index is 12.9. The number of hydrogen-bond donors (Lipinski definition) is 1. The van der Waals surface area contributed by atoms with Crippen LogP contribution in [0.1, 0.15) is 38.4 Å². The Labute approximate surface area is 123 Å².